The SMILES string of the molecule is Cc1cc(Nc2ncnc3ccc(I)cc23)ccc1OCc1cccc(F)c1. The van der Waals surface area contributed by atoms with E-state index < -0.39 is 0 Å². The third-order valence-corrected chi connectivity index (χ3v) is 4.99. The second kappa shape index (κ2) is 8.10. The van der Waals surface area contributed by atoms with Gasteiger partial charge >= 0.3 is 0 Å². The number of benzene rings is 3. The first kappa shape index (κ1) is 18.6. The van der Waals surface area contributed by atoms with Gasteiger partial charge in [-0.1, -0.05) is 12.1 Å². The van der Waals surface area contributed by atoms with E-state index in [1.165, 1.54) is 12.1 Å². The Morgan fingerprint density at radius 3 is 2.75 bits per heavy atom. The number of hydrogen-bond donors (Lipinski definition) is 1. The molecule has 4 aromatic rings. The van der Waals surface area contributed by atoms with Crippen LogP contribution < -0.4 is 10.1 Å². The van der Waals surface area contributed by atoms with E-state index in [2.05, 4.69) is 43.9 Å². The van der Waals surface area contributed by atoms with Crippen LogP contribution in [-0.2, 0) is 6.61 Å². The van der Waals surface area contributed by atoms with Gasteiger partial charge in [-0.2, -0.15) is 0 Å². The Hall–Kier alpha value is -2.74. The number of hydrogen-bond acceptors (Lipinski definition) is 4. The maximum Gasteiger partial charge on any atom is 0.141 e. The summed E-state index contributed by atoms with van der Waals surface area (Å²) >= 11 is 2.28. The van der Waals surface area contributed by atoms with Crippen LogP contribution in [0.25, 0.3) is 10.9 Å². The fourth-order valence-corrected chi connectivity index (χ4v) is 3.43. The molecule has 1 N–H and O–H groups in total. The Morgan fingerprint density at radius 1 is 1.04 bits per heavy atom. The number of aromatic nitrogens is 2. The molecule has 0 saturated carbocycles. The maximum atomic E-state index is 13.3. The van der Waals surface area contributed by atoms with Crippen LogP contribution in [0.15, 0.2) is 67.0 Å². The van der Waals surface area contributed by atoms with Crippen LogP contribution in [0.4, 0.5) is 15.9 Å². The molecule has 140 valence electrons. The lowest BCUT2D eigenvalue weighted by molar-refractivity contribution is 0.303. The fraction of sp³-hybridized carbons (Fsp3) is 0.0909. The van der Waals surface area contributed by atoms with Crippen molar-refractivity contribution < 1.29 is 9.13 Å². The van der Waals surface area contributed by atoms with Crippen molar-refractivity contribution in [3.05, 3.63) is 87.5 Å². The Labute approximate surface area is 175 Å². The normalized spacial score (nSPS) is 10.8. The standard InChI is InChI=1S/C22H17FIN3O/c1-14-9-18(6-8-21(14)28-12-15-3-2-4-16(23)10-15)27-22-19-11-17(24)5-7-20(19)25-13-26-22/h2-11,13H,12H2,1H3,(H,25,26,27). The van der Waals surface area contributed by atoms with Gasteiger partial charge in [0.15, 0.2) is 0 Å². The van der Waals surface area contributed by atoms with Gasteiger partial charge in [0.25, 0.3) is 0 Å². The first-order valence-electron chi connectivity index (χ1n) is 8.74. The number of ether oxygens (including phenoxy) is 1. The van der Waals surface area contributed by atoms with Gasteiger partial charge in [0, 0.05) is 14.6 Å². The minimum absolute atomic E-state index is 0.260. The van der Waals surface area contributed by atoms with Crippen molar-refractivity contribution in [3.8, 4) is 5.75 Å². The van der Waals surface area contributed by atoms with Crippen molar-refractivity contribution in [2.45, 2.75) is 13.5 Å². The molecule has 0 aliphatic heterocycles. The Balaban J connectivity index is 1.53. The number of nitrogens with zero attached hydrogens (tertiary/aromatic N) is 2. The third kappa shape index (κ3) is 4.22. The van der Waals surface area contributed by atoms with Crippen LogP contribution in [-0.4, -0.2) is 9.97 Å². The Kier molecular flexibility index (Phi) is 5.38. The van der Waals surface area contributed by atoms with Crippen molar-refractivity contribution in [3.63, 3.8) is 0 Å². The van der Waals surface area contributed by atoms with E-state index in [0.717, 1.165) is 42.9 Å². The van der Waals surface area contributed by atoms with Crippen LogP contribution in [0, 0.1) is 16.3 Å². The van der Waals surface area contributed by atoms with Crippen LogP contribution in [0.3, 0.4) is 0 Å². The van der Waals surface area contributed by atoms with Gasteiger partial charge in [0.05, 0.1) is 5.52 Å². The quantitative estimate of drug-likeness (QED) is 0.352. The highest BCUT2D eigenvalue weighted by molar-refractivity contribution is 14.1. The van der Waals surface area contributed by atoms with Gasteiger partial charge < -0.3 is 10.1 Å². The number of rotatable bonds is 5. The number of halogens is 2. The van der Waals surface area contributed by atoms with E-state index in [-0.39, 0.29) is 5.82 Å². The van der Waals surface area contributed by atoms with Gasteiger partial charge in [-0.05, 0) is 89.2 Å². The van der Waals surface area contributed by atoms with E-state index in [4.69, 9.17) is 4.74 Å². The summed E-state index contributed by atoms with van der Waals surface area (Å²) in [5.74, 6) is 1.26. The van der Waals surface area contributed by atoms with Crippen molar-refractivity contribution in [2.24, 2.45) is 0 Å². The first-order valence-corrected chi connectivity index (χ1v) is 9.81. The van der Waals surface area contributed by atoms with E-state index in [1.54, 1.807) is 12.4 Å². The predicted octanol–water partition coefficient (Wildman–Crippen LogP) is 6.00. The zero-order chi connectivity index (χ0) is 19.5. The summed E-state index contributed by atoms with van der Waals surface area (Å²) in [5, 5.41) is 4.33. The Morgan fingerprint density at radius 2 is 1.93 bits per heavy atom. The molecule has 0 aliphatic rings. The lowest BCUT2D eigenvalue weighted by Gasteiger charge is -2.13. The molecular weight excluding hydrogens is 468 g/mol. The summed E-state index contributed by atoms with van der Waals surface area (Å²) < 4.78 is 20.3. The van der Waals surface area contributed by atoms with E-state index in [0.29, 0.717) is 6.61 Å². The monoisotopic (exact) mass is 485 g/mol. The average molecular weight is 485 g/mol. The van der Waals surface area contributed by atoms with Gasteiger partial charge in [-0.15, -0.1) is 0 Å². The molecule has 1 heterocycles. The molecule has 0 spiro atoms. The minimum atomic E-state index is -0.260. The van der Waals surface area contributed by atoms with Crippen molar-refractivity contribution in [1.82, 2.24) is 9.97 Å². The highest BCUT2D eigenvalue weighted by atomic mass is 127. The number of anilines is 2. The second-order valence-corrected chi connectivity index (χ2v) is 7.65. The molecular formula is C22H17FIN3O. The smallest absolute Gasteiger partial charge is 0.141 e. The lowest BCUT2D eigenvalue weighted by atomic mass is 10.2. The van der Waals surface area contributed by atoms with Crippen LogP contribution in [0.2, 0.25) is 0 Å². The van der Waals surface area contributed by atoms with Crippen molar-refractivity contribution in [2.75, 3.05) is 5.32 Å². The van der Waals surface area contributed by atoms with E-state index in [9.17, 15) is 4.39 Å². The molecule has 1 aromatic heterocycles. The zero-order valence-electron chi connectivity index (χ0n) is 15.1. The average Bonchev–Trinajstić information content (AvgIpc) is 2.68. The summed E-state index contributed by atoms with van der Waals surface area (Å²) in [5.41, 5.74) is 3.58. The molecule has 0 fully saturated rings. The van der Waals surface area contributed by atoms with Crippen LogP contribution >= 0.6 is 22.6 Å². The second-order valence-electron chi connectivity index (χ2n) is 6.41. The van der Waals surface area contributed by atoms with Gasteiger partial charge in [0.1, 0.15) is 30.3 Å². The molecule has 0 bridgehead atoms. The molecule has 0 aliphatic carbocycles. The molecule has 0 unspecified atom stereocenters. The molecule has 0 atom stereocenters. The molecule has 6 heteroatoms. The van der Waals surface area contributed by atoms with Gasteiger partial charge in [0.2, 0.25) is 0 Å². The fourth-order valence-electron chi connectivity index (χ4n) is 2.94. The molecule has 0 radical (unpaired) electrons. The van der Waals surface area contributed by atoms with Crippen LogP contribution in [0.1, 0.15) is 11.1 Å². The number of nitrogens with one attached hydrogen (secondary N) is 1. The summed E-state index contributed by atoms with van der Waals surface area (Å²) in [7, 11) is 0. The zero-order valence-corrected chi connectivity index (χ0v) is 17.3. The summed E-state index contributed by atoms with van der Waals surface area (Å²) in [6.45, 7) is 2.30. The molecule has 28 heavy (non-hydrogen) atoms. The number of aryl methyl sites for hydroxylation is 1. The highest BCUT2D eigenvalue weighted by Gasteiger charge is 2.07. The summed E-state index contributed by atoms with van der Waals surface area (Å²) in [4.78, 5) is 8.70. The largest absolute Gasteiger partial charge is 0.489 e. The highest BCUT2D eigenvalue weighted by Crippen LogP contribution is 2.28. The van der Waals surface area contributed by atoms with Crippen molar-refractivity contribution in [1.29, 1.82) is 0 Å². The maximum absolute atomic E-state index is 13.3. The van der Waals surface area contributed by atoms with Gasteiger partial charge in [-0.3, -0.25) is 0 Å². The minimum Gasteiger partial charge on any atom is -0.489 e. The molecule has 3 aromatic carbocycles. The summed E-state index contributed by atoms with van der Waals surface area (Å²) in [6.07, 6.45) is 1.56. The molecule has 0 saturated heterocycles. The van der Waals surface area contributed by atoms with Crippen molar-refractivity contribution >= 4 is 45.0 Å². The van der Waals surface area contributed by atoms with Gasteiger partial charge in [-0.25, -0.2) is 14.4 Å². The molecule has 4 rings (SSSR count). The lowest BCUT2D eigenvalue weighted by Crippen LogP contribution is -1.99. The predicted molar refractivity (Wildman–Crippen MR) is 117 cm³/mol. The van der Waals surface area contributed by atoms with E-state index >= 15 is 0 Å². The first-order chi connectivity index (χ1) is 13.6. The van der Waals surface area contributed by atoms with E-state index in [1.807, 2.05) is 43.3 Å². The molecule has 0 amide bonds. The van der Waals surface area contributed by atoms with Crippen LogP contribution in [0.5, 0.6) is 5.75 Å². The summed E-state index contributed by atoms with van der Waals surface area (Å²) in [6, 6.07) is 18.3. The topological polar surface area (TPSA) is 47.0 Å². The molecule has 4 nitrogen and oxygen atoms in total. The number of fused-ring (bicyclic) bond motifs is 1. The Bertz CT molecular complexity index is 1150. The third-order valence-electron chi connectivity index (χ3n) is 4.32.